The molecule has 2 aromatic carbocycles. The molecule has 1 N–H and O–H groups in total. The summed E-state index contributed by atoms with van der Waals surface area (Å²) in [5, 5.41) is 3.07. The van der Waals surface area contributed by atoms with Gasteiger partial charge in [0.1, 0.15) is 5.82 Å². The number of pyridine rings is 1. The van der Waals surface area contributed by atoms with Gasteiger partial charge in [0.15, 0.2) is 5.78 Å². The van der Waals surface area contributed by atoms with Crippen LogP contribution in [0.2, 0.25) is 0 Å². The number of benzene rings is 2. The molecule has 1 amide bonds. The van der Waals surface area contributed by atoms with Crippen LogP contribution in [0.1, 0.15) is 41.9 Å². The number of ketones is 1. The molecule has 5 rings (SSSR count). The first kappa shape index (κ1) is 25.9. The van der Waals surface area contributed by atoms with Gasteiger partial charge in [-0.2, -0.15) is 0 Å². The summed E-state index contributed by atoms with van der Waals surface area (Å²) < 4.78 is 2.12. The molecule has 0 spiro atoms. The van der Waals surface area contributed by atoms with Gasteiger partial charge < -0.3 is 19.5 Å². The maximum atomic E-state index is 11.8. The standard InChI is InChI=1S/C21H21N3O2.C9H14N2/c1-15(26)16-6-4-7-17(12-16)20-19-9-2-3-11-24(19)21(22-20)18-8-5-10-23(13-18)14-25;1-10-8-4-6-9(7-5-8)11(2)3/h2-4,6-7,9,11-12,14,18H,5,8,10,13H2,1H3;4-7,10H,1-3H3. The van der Waals surface area contributed by atoms with E-state index in [1.807, 2.05) is 74.7 Å². The van der Waals surface area contributed by atoms with Gasteiger partial charge in [-0.15, -0.1) is 0 Å². The number of piperidine rings is 1. The van der Waals surface area contributed by atoms with E-state index in [1.165, 1.54) is 5.69 Å². The van der Waals surface area contributed by atoms with Crippen molar-refractivity contribution in [1.82, 2.24) is 14.3 Å². The van der Waals surface area contributed by atoms with Crippen LogP contribution in [0.3, 0.4) is 0 Å². The molecule has 0 aliphatic carbocycles. The number of Topliss-reactive ketones (excluding diaryl/α,β-unsaturated/α-hetero) is 1. The first-order valence-corrected chi connectivity index (χ1v) is 12.6. The van der Waals surface area contributed by atoms with Crippen molar-refractivity contribution in [2.24, 2.45) is 0 Å². The van der Waals surface area contributed by atoms with Crippen LogP contribution in [-0.2, 0) is 4.79 Å². The molecule has 37 heavy (non-hydrogen) atoms. The highest BCUT2D eigenvalue weighted by Crippen LogP contribution is 2.32. The van der Waals surface area contributed by atoms with Gasteiger partial charge in [0, 0.05) is 68.8 Å². The maximum Gasteiger partial charge on any atom is 0.209 e. The van der Waals surface area contributed by atoms with Gasteiger partial charge in [-0.3, -0.25) is 9.59 Å². The van der Waals surface area contributed by atoms with Gasteiger partial charge in [0.25, 0.3) is 0 Å². The Morgan fingerprint density at radius 2 is 1.86 bits per heavy atom. The number of likely N-dealkylation sites (tertiary alicyclic amines) is 1. The van der Waals surface area contributed by atoms with Crippen LogP contribution in [0.15, 0.2) is 72.9 Å². The molecule has 0 radical (unpaired) electrons. The number of hydrogen-bond donors (Lipinski definition) is 1. The highest BCUT2D eigenvalue weighted by atomic mass is 16.1. The third kappa shape index (κ3) is 6.00. The van der Waals surface area contributed by atoms with E-state index >= 15 is 0 Å². The molecule has 192 valence electrons. The third-order valence-electron chi connectivity index (χ3n) is 6.76. The Morgan fingerprint density at radius 3 is 2.54 bits per heavy atom. The fraction of sp³-hybridized carbons (Fsp3) is 0.300. The average molecular weight is 498 g/mol. The van der Waals surface area contributed by atoms with E-state index in [-0.39, 0.29) is 11.7 Å². The van der Waals surface area contributed by atoms with Crippen molar-refractivity contribution in [3.8, 4) is 11.3 Å². The molecule has 1 unspecified atom stereocenters. The molecule has 4 aromatic rings. The second-order valence-corrected chi connectivity index (χ2v) is 9.54. The van der Waals surface area contributed by atoms with Crippen LogP contribution in [-0.4, -0.2) is 60.7 Å². The fourth-order valence-corrected chi connectivity index (χ4v) is 4.69. The first-order chi connectivity index (χ1) is 17.9. The minimum atomic E-state index is 0.0458. The third-order valence-corrected chi connectivity index (χ3v) is 6.76. The molecule has 1 aliphatic rings. The number of carbonyl (C=O) groups excluding carboxylic acids is 2. The largest absolute Gasteiger partial charge is 0.388 e. The van der Waals surface area contributed by atoms with Crippen LogP contribution in [0.5, 0.6) is 0 Å². The molecule has 0 bridgehead atoms. The van der Waals surface area contributed by atoms with Crippen molar-refractivity contribution >= 4 is 29.1 Å². The van der Waals surface area contributed by atoms with E-state index in [9.17, 15) is 9.59 Å². The monoisotopic (exact) mass is 497 g/mol. The highest BCUT2D eigenvalue weighted by molar-refractivity contribution is 5.95. The minimum absolute atomic E-state index is 0.0458. The predicted octanol–water partition coefficient (Wildman–Crippen LogP) is 5.33. The first-order valence-electron chi connectivity index (χ1n) is 12.6. The number of carbonyl (C=O) groups is 2. The van der Waals surface area contributed by atoms with Crippen molar-refractivity contribution in [2.75, 3.05) is 44.4 Å². The lowest BCUT2D eigenvalue weighted by atomic mass is 9.97. The van der Waals surface area contributed by atoms with Gasteiger partial charge in [0.05, 0.1) is 11.2 Å². The molecular formula is C30H35N5O2. The number of fused-ring (bicyclic) bond motifs is 1. The van der Waals surface area contributed by atoms with E-state index in [1.54, 1.807) is 6.92 Å². The summed E-state index contributed by atoms with van der Waals surface area (Å²) in [5.41, 5.74) is 5.90. The van der Waals surface area contributed by atoms with Crippen molar-refractivity contribution in [1.29, 1.82) is 0 Å². The lowest BCUT2D eigenvalue weighted by Gasteiger charge is -2.29. The number of aromatic nitrogens is 2. The van der Waals surface area contributed by atoms with Gasteiger partial charge >= 0.3 is 0 Å². The normalized spacial score (nSPS) is 15.0. The van der Waals surface area contributed by atoms with Crippen molar-refractivity contribution in [3.63, 3.8) is 0 Å². The second kappa shape index (κ2) is 11.7. The number of imidazole rings is 1. The van der Waals surface area contributed by atoms with Crippen LogP contribution >= 0.6 is 0 Å². The second-order valence-electron chi connectivity index (χ2n) is 9.54. The topological polar surface area (TPSA) is 70.0 Å². The Balaban J connectivity index is 0.000000245. The Morgan fingerprint density at radius 1 is 1.08 bits per heavy atom. The van der Waals surface area contributed by atoms with Crippen LogP contribution in [0.25, 0.3) is 16.8 Å². The number of nitrogens with zero attached hydrogens (tertiary/aromatic N) is 4. The summed E-state index contributed by atoms with van der Waals surface area (Å²) in [4.78, 5) is 31.8. The van der Waals surface area contributed by atoms with Crippen LogP contribution in [0.4, 0.5) is 11.4 Å². The Bertz CT molecular complexity index is 1360. The van der Waals surface area contributed by atoms with E-state index in [0.29, 0.717) is 12.1 Å². The zero-order valence-electron chi connectivity index (χ0n) is 22.0. The zero-order chi connectivity index (χ0) is 26.4. The van der Waals surface area contributed by atoms with Crippen molar-refractivity contribution in [2.45, 2.75) is 25.7 Å². The quantitative estimate of drug-likeness (QED) is 0.288. The predicted molar refractivity (Wildman–Crippen MR) is 151 cm³/mol. The van der Waals surface area contributed by atoms with Gasteiger partial charge in [-0.05, 0) is 62.2 Å². The SMILES string of the molecule is CC(=O)c1cccc(-c2nc(C3CCCN(C=O)C3)n3ccccc23)c1.CNc1ccc(N(C)C)cc1. The lowest BCUT2D eigenvalue weighted by Crippen LogP contribution is -2.33. The summed E-state index contributed by atoms with van der Waals surface area (Å²) in [7, 11) is 5.99. The molecule has 7 heteroatoms. The van der Waals surface area contributed by atoms with Gasteiger partial charge in [-0.1, -0.05) is 24.3 Å². The van der Waals surface area contributed by atoms with Crippen molar-refractivity contribution < 1.29 is 9.59 Å². The summed E-state index contributed by atoms with van der Waals surface area (Å²) in [6.07, 6.45) is 4.96. The molecular weight excluding hydrogens is 462 g/mol. The summed E-state index contributed by atoms with van der Waals surface area (Å²) in [5.74, 6) is 1.24. The summed E-state index contributed by atoms with van der Waals surface area (Å²) >= 11 is 0. The molecule has 1 atom stereocenters. The van der Waals surface area contributed by atoms with E-state index in [0.717, 1.165) is 54.1 Å². The molecule has 0 saturated carbocycles. The lowest BCUT2D eigenvalue weighted by molar-refractivity contribution is -0.119. The molecule has 2 aromatic heterocycles. The van der Waals surface area contributed by atoms with Gasteiger partial charge in [-0.25, -0.2) is 4.98 Å². The average Bonchev–Trinajstić information content (AvgIpc) is 3.33. The van der Waals surface area contributed by atoms with Crippen molar-refractivity contribution in [3.05, 3.63) is 84.3 Å². The fourth-order valence-electron chi connectivity index (χ4n) is 4.69. The Kier molecular flexibility index (Phi) is 8.23. The number of hydrogen-bond acceptors (Lipinski definition) is 5. The molecule has 3 heterocycles. The number of anilines is 2. The van der Waals surface area contributed by atoms with Gasteiger partial charge in [0.2, 0.25) is 6.41 Å². The summed E-state index contributed by atoms with van der Waals surface area (Å²) in [6.45, 7) is 3.09. The smallest absolute Gasteiger partial charge is 0.209 e. The van der Waals surface area contributed by atoms with E-state index in [4.69, 9.17) is 4.98 Å². The number of nitrogens with one attached hydrogen (secondary N) is 1. The maximum absolute atomic E-state index is 11.8. The Labute approximate surface area is 218 Å². The van der Waals surface area contributed by atoms with E-state index in [2.05, 4.69) is 38.9 Å². The molecule has 1 fully saturated rings. The number of rotatable bonds is 6. The van der Waals surface area contributed by atoms with Crippen LogP contribution in [0, 0.1) is 0 Å². The molecule has 1 saturated heterocycles. The minimum Gasteiger partial charge on any atom is -0.388 e. The molecule has 1 aliphatic heterocycles. The zero-order valence-corrected chi connectivity index (χ0v) is 22.0. The van der Waals surface area contributed by atoms with E-state index < -0.39 is 0 Å². The highest BCUT2D eigenvalue weighted by Gasteiger charge is 2.25. The van der Waals surface area contributed by atoms with Crippen LogP contribution < -0.4 is 10.2 Å². The number of amides is 1. The Hall–Kier alpha value is -4.13. The summed E-state index contributed by atoms with van der Waals surface area (Å²) in [6, 6.07) is 22.0. The molecule has 7 nitrogen and oxygen atoms in total.